The monoisotopic (exact) mass is 279 g/mol. The number of benzene rings is 1. The average molecular weight is 280 g/mol. The molecule has 0 radical (unpaired) electrons. The fraction of sp³-hybridized carbons (Fsp3) is 0.357. The van der Waals surface area contributed by atoms with Crippen molar-refractivity contribution < 1.29 is 4.74 Å². The van der Waals surface area contributed by atoms with Crippen LogP contribution < -0.4 is 10.1 Å². The standard InChI is InChI=1S/C14H18ClN3O/c1-3-18-7-6-17-14(18)10-19-13-5-4-11(9-16-2)8-12(13)15/h4-8,16H,3,9-10H2,1-2H3. The highest BCUT2D eigenvalue weighted by Crippen LogP contribution is 2.26. The van der Waals surface area contributed by atoms with Gasteiger partial charge in [-0.3, -0.25) is 0 Å². The average Bonchev–Trinajstić information content (AvgIpc) is 2.85. The summed E-state index contributed by atoms with van der Waals surface area (Å²) in [5, 5.41) is 3.71. The van der Waals surface area contributed by atoms with Crippen LogP contribution in [0.1, 0.15) is 18.3 Å². The lowest BCUT2D eigenvalue weighted by Gasteiger charge is -2.10. The molecule has 0 atom stereocenters. The van der Waals surface area contributed by atoms with E-state index in [-0.39, 0.29) is 0 Å². The molecular formula is C14H18ClN3O. The molecule has 0 aliphatic carbocycles. The first-order valence-corrected chi connectivity index (χ1v) is 6.68. The molecule has 1 aromatic heterocycles. The van der Waals surface area contributed by atoms with Gasteiger partial charge in [-0.15, -0.1) is 0 Å². The minimum Gasteiger partial charge on any atom is -0.484 e. The maximum Gasteiger partial charge on any atom is 0.146 e. The third kappa shape index (κ3) is 3.49. The van der Waals surface area contributed by atoms with Crippen molar-refractivity contribution in [2.75, 3.05) is 7.05 Å². The quantitative estimate of drug-likeness (QED) is 0.884. The summed E-state index contributed by atoms with van der Waals surface area (Å²) in [7, 11) is 1.91. The second-order valence-corrected chi connectivity index (χ2v) is 4.62. The fourth-order valence-corrected chi connectivity index (χ4v) is 2.14. The molecular weight excluding hydrogens is 262 g/mol. The van der Waals surface area contributed by atoms with Crippen molar-refractivity contribution in [3.63, 3.8) is 0 Å². The summed E-state index contributed by atoms with van der Waals surface area (Å²) in [4.78, 5) is 4.26. The maximum atomic E-state index is 6.20. The van der Waals surface area contributed by atoms with E-state index in [1.54, 1.807) is 6.20 Å². The van der Waals surface area contributed by atoms with Crippen molar-refractivity contribution in [1.29, 1.82) is 0 Å². The Labute approximate surface area is 118 Å². The van der Waals surface area contributed by atoms with Crippen molar-refractivity contribution in [1.82, 2.24) is 14.9 Å². The van der Waals surface area contributed by atoms with Gasteiger partial charge in [0, 0.05) is 25.5 Å². The van der Waals surface area contributed by atoms with E-state index in [1.165, 1.54) is 0 Å². The van der Waals surface area contributed by atoms with Crippen LogP contribution in [-0.2, 0) is 19.7 Å². The fourth-order valence-electron chi connectivity index (χ4n) is 1.89. The molecule has 19 heavy (non-hydrogen) atoms. The maximum absolute atomic E-state index is 6.20. The SMILES string of the molecule is CCn1ccnc1COc1ccc(CNC)cc1Cl. The summed E-state index contributed by atoms with van der Waals surface area (Å²) >= 11 is 6.20. The topological polar surface area (TPSA) is 39.1 Å². The number of aryl methyl sites for hydroxylation is 1. The first-order chi connectivity index (χ1) is 9.24. The Morgan fingerprint density at radius 3 is 2.95 bits per heavy atom. The van der Waals surface area contributed by atoms with Gasteiger partial charge in [-0.1, -0.05) is 17.7 Å². The Hall–Kier alpha value is -1.52. The molecule has 0 bridgehead atoms. The number of nitrogens with one attached hydrogen (secondary N) is 1. The molecule has 1 heterocycles. The Morgan fingerprint density at radius 1 is 1.42 bits per heavy atom. The van der Waals surface area contributed by atoms with Gasteiger partial charge in [0.05, 0.1) is 5.02 Å². The lowest BCUT2D eigenvalue weighted by molar-refractivity contribution is 0.290. The first-order valence-electron chi connectivity index (χ1n) is 6.30. The van der Waals surface area contributed by atoms with E-state index >= 15 is 0 Å². The van der Waals surface area contributed by atoms with Crippen LogP contribution >= 0.6 is 11.6 Å². The van der Waals surface area contributed by atoms with E-state index in [0.29, 0.717) is 17.4 Å². The predicted molar refractivity (Wildman–Crippen MR) is 76.4 cm³/mol. The molecule has 1 aromatic carbocycles. The molecule has 102 valence electrons. The molecule has 0 aliphatic heterocycles. The van der Waals surface area contributed by atoms with Crippen molar-refractivity contribution in [3.8, 4) is 5.75 Å². The van der Waals surface area contributed by atoms with Crippen LogP contribution in [0.5, 0.6) is 5.75 Å². The molecule has 0 saturated heterocycles. The summed E-state index contributed by atoms with van der Waals surface area (Å²) < 4.78 is 7.77. The minimum absolute atomic E-state index is 0.423. The zero-order valence-electron chi connectivity index (χ0n) is 11.2. The summed E-state index contributed by atoms with van der Waals surface area (Å²) in [6.45, 7) is 4.17. The summed E-state index contributed by atoms with van der Waals surface area (Å²) in [6.07, 6.45) is 3.72. The molecule has 0 saturated carbocycles. The van der Waals surface area contributed by atoms with E-state index in [2.05, 4.69) is 17.2 Å². The Balaban J connectivity index is 2.03. The number of aromatic nitrogens is 2. The van der Waals surface area contributed by atoms with Crippen molar-refractivity contribution in [2.45, 2.75) is 26.6 Å². The lowest BCUT2D eigenvalue weighted by Crippen LogP contribution is -2.07. The minimum atomic E-state index is 0.423. The summed E-state index contributed by atoms with van der Waals surface area (Å²) in [5.41, 5.74) is 1.13. The van der Waals surface area contributed by atoms with Gasteiger partial charge in [-0.05, 0) is 31.7 Å². The van der Waals surface area contributed by atoms with Gasteiger partial charge in [0.25, 0.3) is 0 Å². The van der Waals surface area contributed by atoms with Crippen LogP contribution in [-0.4, -0.2) is 16.6 Å². The van der Waals surface area contributed by atoms with Crippen LogP contribution in [0.2, 0.25) is 5.02 Å². The van der Waals surface area contributed by atoms with Crippen LogP contribution in [0.4, 0.5) is 0 Å². The van der Waals surface area contributed by atoms with E-state index in [9.17, 15) is 0 Å². The highest BCUT2D eigenvalue weighted by molar-refractivity contribution is 6.32. The number of halogens is 1. The van der Waals surface area contributed by atoms with Gasteiger partial charge in [0.15, 0.2) is 0 Å². The van der Waals surface area contributed by atoms with Gasteiger partial charge >= 0.3 is 0 Å². The molecule has 0 amide bonds. The largest absolute Gasteiger partial charge is 0.484 e. The molecule has 0 spiro atoms. The molecule has 2 aromatic rings. The van der Waals surface area contributed by atoms with E-state index in [4.69, 9.17) is 16.3 Å². The molecule has 1 N–H and O–H groups in total. The predicted octanol–water partition coefficient (Wildman–Crippen LogP) is 2.85. The van der Waals surface area contributed by atoms with Gasteiger partial charge in [0.2, 0.25) is 0 Å². The zero-order valence-corrected chi connectivity index (χ0v) is 11.9. The highest BCUT2D eigenvalue weighted by Gasteiger charge is 2.06. The van der Waals surface area contributed by atoms with Crippen molar-refractivity contribution in [3.05, 3.63) is 47.0 Å². The molecule has 0 fully saturated rings. The number of hydrogen-bond acceptors (Lipinski definition) is 3. The number of rotatable bonds is 6. The van der Waals surface area contributed by atoms with E-state index in [0.717, 1.165) is 24.5 Å². The summed E-state index contributed by atoms with van der Waals surface area (Å²) in [5.74, 6) is 1.59. The number of imidazole rings is 1. The van der Waals surface area contributed by atoms with Crippen molar-refractivity contribution in [2.24, 2.45) is 0 Å². The van der Waals surface area contributed by atoms with Crippen LogP contribution in [0.3, 0.4) is 0 Å². The normalized spacial score (nSPS) is 10.7. The third-order valence-corrected chi connectivity index (χ3v) is 3.17. The Morgan fingerprint density at radius 2 is 2.26 bits per heavy atom. The van der Waals surface area contributed by atoms with Gasteiger partial charge in [-0.25, -0.2) is 4.98 Å². The van der Waals surface area contributed by atoms with Gasteiger partial charge < -0.3 is 14.6 Å². The molecule has 0 unspecified atom stereocenters. The lowest BCUT2D eigenvalue weighted by atomic mass is 10.2. The second-order valence-electron chi connectivity index (χ2n) is 4.21. The van der Waals surface area contributed by atoms with Crippen LogP contribution in [0.25, 0.3) is 0 Å². The first kappa shape index (κ1) is 13.9. The number of hydrogen-bond donors (Lipinski definition) is 1. The Kier molecular flexibility index (Phi) is 4.82. The smallest absolute Gasteiger partial charge is 0.146 e. The van der Waals surface area contributed by atoms with Gasteiger partial charge in [0.1, 0.15) is 18.2 Å². The van der Waals surface area contributed by atoms with Crippen LogP contribution in [0.15, 0.2) is 30.6 Å². The number of nitrogens with zero attached hydrogens (tertiary/aromatic N) is 2. The van der Waals surface area contributed by atoms with Crippen molar-refractivity contribution >= 4 is 11.6 Å². The molecule has 4 nitrogen and oxygen atoms in total. The highest BCUT2D eigenvalue weighted by atomic mass is 35.5. The Bertz CT molecular complexity index is 539. The van der Waals surface area contributed by atoms with Crippen LogP contribution in [0, 0.1) is 0 Å². The molecule has 2 rings (SSSR count). The molecule has 5 heteroatoms. The van der Waals surface area contributed by atoms with Gasteiger partial charge in [-0.2, -0.15) is 0 Å². The summed E-state index contributed by atoms with van der Waals surface area (Å²) in [6, 6.07) is 5.82. The third-order valence-electron chi connectivity index (χ3n) is 2.88. The van der Waals surface area contributed by atoms with E-state index in [1.807, 2.05) is 36.0 Å². The second kappa shape index (κ2) is 6.59. The zero-order chi connectivity index (χ0) is 13.7. The van der Waals surface area contributed by atoms with E-state index < -0.39 is 0 Å². The molecule has 0 aliphatic rings. The number of ether oxygens (including phenoxy) is 1.